The summed E-state index contributed by atoms with van der Waals surface area (Å²) in [6.07, 6.45) is -2.67. The second-order valence-electron chi connectivity index (χ2n) is 8.09. The number of fused-ring (bicyclic) bond motifs is 1. The molecule has 0 radical (unpaired) electrons. The summed E-state index contributed by atoms with van der Waals surface area (Å²) >= 11 is 0. The first kappa shape index (κ1) is 20.9. The molecule has 1 aliphatic carbocycles. The first-order chi connectivity index (χ1) is 14.4. The molecule has 4 nitrogen and oxygen atoms in total. The van der Waals surface area contributed by atoms with E-state index in [1.165, 1.54) is 17.2 Å². The Balaban J connectivity index is 1.46. The lowest BCUT2D eigenvalue weighted by Gasteiger charge is -2.42. The molecular weight excluding hydrogens is 391 g/mol. The van der Waals surface area contributed by atoms with Crippen molar-refractivity contribution in [3.63, 3.8) is 0 Å². The molecule has 0 spiro atoms. The van der Waals surface area contributed by atoms with E-state index in [2.05, 4.69) is 27.7 Å². The van der Waals surface area contributed by atoms with Crippen molar-refractivity contribution >= 4 is 5.91 Å². The summed E-state index contributed by atoms with van der Waals surface area (Å²) in [7, 11) is 0. The number of hydrogen-bond donors (Lipinski definition) is 2. The molecule has 2 aliphatic rings. The number of amides is 1. The molecule has 0 aromatic heterocycles. The number of rotatable bonds is 5. The Kier molecular flexibility index (Phi) is 5.84. The molecule has 160 valence electrons. The third kappa shape index (κ3) is 4.23. The maximum Gasteiger partial charge on any atom is 0.416 e. The number of halogens is 3. The summed E-state index contributed by atoms with van der Waals surface area (Å²) in [5, 5.41) is 6.35. The first-order valence-corrected chi connectivity index (χ1v) is 10.4. The van der Waals surface area contributed by atoms with Crippen LogP contribution in [0.5, 0.6) is 0 Å². The van der Waals surface area contributed by atoms with Crippen LogP contribution in [0.15, 0.2) is 48.5 Å². The quantitative estimate of drug-likeness (QED) is 0.787. The molecule has 0 saturated carbocycles. The highest BCUT2D eigenvalue weighted by atomic mass is 19.4. The lowest BCUT2D eigenvalue weighted by Crippen LogP contribution is -2.64. The third-order valence-corrected chi connectivity index (χ3v) is 6.18. The standard InChI is InChI=1S/C23H26F3N3O/c24-23(25,26)20-7-3-4-17(14-20)8-9-28-21(30)22(29-12-10-27-11-13-29)15-18-5-1-2-6-19(18)16-22/h1-7,14,27H,8-13,15-16H2,(H,28,30). The Morgan fingerprint density at radius 3 is 2.33 bits per heavy atom. The number of nitrogens with zero attached hydrogens (tertiary/aromatic N) is 1. The molecule has 1 heterocycles. The highest BCUT2D eigenvalue weighted by Crippen LogP contribution is 2.35. The largest absolute Gasteiger partial charge is 0.416 e. The van der Waals surface area contributed by atoms with Crippen molar-refractivity contribution in [2.75, 3.05) is 32.7 Å². The van der Waals surface area contributed by atoms with Crippen molar-refractivity contribution in [3.8, 4) is 0 Å². The second-order valence-corrected chi connectivity index (χ2v) is 8.09. The summed E-state index contributed by atoms with van der Waals surface area (Å²) in [5.74, 6) is -0.0347. The van der Waals surface area contributed by atoms with Crippen LogP contribution in [0.25, 0.3) is 0 Å². The van der Waals surface area contributed by atoms with Gasteiger partial charge >= 0.3 is 6.18 Å². The molecule has 1 fully saturated rings. The molecule has 2 aromatic carbocycles. The van der Waals surface area contributed by atoms with E-state index >= 15 is 0 Å². The Morgan fingerprint density at radius 1 is 1.03 bits per heavy atom. The summed E-state index contributed by atoms with van der Waals surface area (Å²) in [4.78, 5) is 15.7. The van der Waals surface area contributed by atoms with E-state index in [4.69, 9.17) is 0 Å². The fourth-order valence-corrected chi connectivity index (χ4v) is 4.60. The van der Waals surface area contributed by atoms with Gasteiger partial charge in [-0.3, -0.25) is 9.69 Å². The van der Waals surface area contributed by atoms with Gasteiger partial charge in [-0.15, -0.1) is 0 Å². The monoisotopic (exact) mass is 417 g/mol. The fourth-order valence-electron chi connectivity index (χ4n) is 4.60. The van der Waals surface area contributed by atoms with Gasteiger partial charge in [-0.05, 0) is 29.2 Å². The van der Waals surface area contributed by atoms with Crippen molar-refractivity contribution in [2.45, 2.75) is 31.0 Å². The van der Waals surface area contributed by atoms with Crippen molar-refractivity contribution in [1.82, 2.24) is 15.5 Å². The lowest BCUT2D eigenvalue weighted by molar-refractivity contribution is -0.137. The number of nitrogens with one attached hydrogen (secondary N) is 2. The number of carbonyl (C=O) groups excluding carboxylic acids is 1. The van der Waals surface area contributed by atoms with E-state index in [9.17, 15) is 18.0 Å². The SMILES string of the molecule is O=C(NCCc1cccc(C(F)(F)F)c1)C1(N2CCNCC2)Cc2ccccc2C1. The van der Waals surface area contributed by atoms with Crippen molar-refractivity contribution in [2.24, 2.45) is 0 Å². The van der Waals surface area contributed by atoms with Gasteiger partial charge in [0, 0.05) is 45.6 Å². The van der Waals surface area contributed by atoms with Gasteiger partial charge in [0.15, 0.2) is 0 Å². The second kappa shape index (κ2) is 8.40. The van der Waals surface area contributed by atoms with Crippen LogP contribution >= 0.6 is 0 Å². The molecule has 2 aromatic rings. The Labute approximate surface area is 174 Å². The molecule has 4 rings (SSSR count). The Hall–Kier alpha value is -2.38. The number of benzene rings is 2. The summed E-state index contributed by atoms with van der Waals surface area (Å²) in [6.45, 7) is 3.60. The molecule has 2 N–H and O–H groups in total. The molecule has 0 bridgehead atoms. The molecule has 0 unspecified atom stereocenters. The Morgan fingerprint density at radius 2 is 1.70 bits per heavy atom. The fraction of sp³-hybridized carbons (Fsp3) is 0.435. The van der Waals surface area contributed by atoms with Gasteiger partial charge in [-0.2, -0.15) is 13.2 Å². The number of piperazine rings is 1. The van der Waals surface area contributed by atoms with E-state index in [1.54, 1.807) is 6.07 Å². The van der Waals surface area contributed by atoms with E-state index < -0.39 is 17.3 Å². The maximum atomic E-state index is 13.4. The van der Waals surface area contributed by atoms with Crippen LogP contribution in [0.1, 0.15) is 22.3 Å². The predicted octanol–water partition coefficient (Wildman–Crippen LogP) is 2.81. The van der Waals surface area contributed by atoms with Gasteiger partial charge in [-0.25, -0.2) is 0 Å². The predicted molar refractivity (Wildman–Crippen MR) is 109 cm³/mol. The highest BCUT2D eigenvalue weighted by molar-refractivity contribution is 5.88. The molecule has 30 heavy (non-hydrogen) atoms. The van der Waals surface area contributed by atoms with E-state index in [-0.39, 0.29) is 5.91 Å². The molecule has 7 heteroatoms. The van der Waals surface area contributed by atoms with Crippen molar-refractivity contribution < 1.29 is 18.0 Å². The zero-order chi connectivity index (χ0) is 21.2. The number of hydrogen-bond acceptors (Lipinski definition) is 3. The number of alkyl halides is 3. The minimum Gasteiger partial charge on any atom is -0.354 e. The molecule has 1 aliphatic heterocycles. The maximum absolute atomic E-state index is 13.4. The average Bonchev–Trinajstić information content (AvgIpc) is 3.15. The van der Waals surface area contributed by atoms with Crippen LogP contribution < -0.4 is 10.6 Å². The summed E-state index contributed by atoms with van der Waals surface area (Å²) in [5.41, 5.74) is 1.68. The van der Waals surface area contributed by atoms with Gasteiger partial charge in [0.1, 0.15) is 5.54 Å². The Bertz CT molecular complexity index is 882. The van der Waals surface area contributed by atoms with Crippen LogP contribution in [0.2, 0.25) is 0 Å². The zero-order valence-electron chi connectivity index (χ0n) is 16.8. The summed E-state index contributed by atoms with van der Waals surface area (Å²) in [6, 6.07) is 13.5. The minimum absolute atomic E-state index is 0.0347. The van der Waals surface area contributed by atoms with E-state index in [0.717, 1.165) is 38.3 Å². The van der Waals surface area contributed by atoms with Gasteiger partial charge in [0.2, 0.25) is 5.91 Å². The topological polar surface area (TPSA) is 44.4 Å². The van der Waals surface area contributed by atoms with Gasteiger partial charge in [0.25, 0.3) is 0 Å². The third-order valence-electron chi connectivity index (χ3n) is 6.18. The van der Waals surface area contributed by atoms with Gasteiger partial charge in [-0.1, -0.05) is 42.5 Å². The van der Waals surface area contributed by atoms with E-state index in [1.807, 2.05) is 12.1 Å². The van der Waals surface area contributed by atoms with Gasteiger partial charge in [0.05, 0.1) is 5.56 Å². The van der Waals surface area contributed by atoms with Crippen LogP contribution in [-0.2, 0) is 30.2 Å². The molecule has 0 atom stereocenters. The van der Waals surface area contributed by atoms with Crippen molar-refractivity contribution in [3.05, 3.63) is 70.8 Å². The first-order valence-electron chi connectivity index (χ1n) is 10.4. The zero-order valence-corrected chi connectivity index (χ0v) is 16.8. The van der Waals surface area contributed by atoms with E-state index in [0.29, 0.717) is 31.4 Å². The smallest absolute Gasteiger partial charge is 0.354 e. The molecule has 1 saturated heterocycles. The summed E-state index contributed by atoms with van der Waals surface area (Å²) < 4.78 is 38.8. The van der Waals surface area contributed by atoms with Crippen LogP contribution in [-0.4, -0.2) is 49.1 Å². The minimum atomic E-state index is -4.36. The van der Waals surface area contributed by atoms with Gasteiger partial charge < -0.3 is 10.6 Å². The number of carbonyl (C=O) groups is 1. The molecular formula is C23H26F3N3O. The highest BCUT2D eigenvalue weighted by Gasteiger charge is 2.48. The van der Waals surface area contributed by atoms with Crippen LogP contribution in [0.3, 0.4) is 0 Å². The molecule has 1 amide bonds. The lowest BCUT2D eigenvalue weighted by atomic mass is 9.91. The average molecular weight is 417 g/mol. The van der Waals surface area contributed by atoms with Crippen LogP contribution in [0, 0.1) is 0 Å². The van der Waals surface area contributed by atoms with Crippen LogP contribution in [0.4, 0.5) is 13.2 Å². The van der Waals surface area contributed by atoms with Crippen molar-refractivity contribution in [1.29, 1.82) is 0 Å². The normalized spacial score (nSPS) is 18.8.